The van der Waals surface area contributed by atoms with Crippen molar-refractivity contribution in [2.45, 2.75) is 38.5 Å². The average Bonchev–Trinajstić information content (AvgIpc) is 2.75. The first kappa shape index (κ1) is 22.2. The summed E-state index contributed by atoms with van der Waals surface area (Å²) in [5, 5.41) is 5.57. The molecule has 0 unspecified atom stereocenters. The molecule has 2 amide bonds. The molecule has 0 saturated carbocycles. The minimum Gasteiger partial charge on any atom is -0.497 e. The fraction of sp³-hybridized carbons (Fsp3) is 0.364. The number of amides is 2. The second kappa shape index (κ2) is 11.7. The minimum absolute atomic E-state index is 0.185. The number of nitrogens with two attached hydrogens (primary N) is 1. The molecule has 2 rings (SSSR count). The Kier molecular flexibility index (Phi) is 8.98. The SMILES string of the molecule is COc1cccc([C@H](C)NC(=O)[C@H](N)CCCNC(=O)OCc2ccccc2)c1. The van der Waals surface area contributed by atoms with Crippen LogP contribution in [-0.4, -0.2) is 31.7 Å². The topological polar surface area (TPSA) is 103 Å². The van der Waals surface area contributed by atoms with Crippen molar-refractivity contribution in [3.63, 3.8) is 0 Å². The number of carbonyl (C=O) groups is 2. The van der Waals surface area contributed by atoms with Crippen molar-refractivity contribution in [2.24, 2.45) is 5.73 Å². The molecule has 0 spiro atoms. The van der Waals surface area contributed by atoms with Gasteiger partial charge in [-0.2, -0.15) is 0 Å². The first-order valence-corrected chi connectivity index (χ1v) is 9.64. The quantitative estimate of drug-likeness (QED) is 0.533. The number of ether oxygens (including phenoxy) is 2. The second-order valence-corrected chi connectivity index (χ2v) is 6.74. The number of alkyl carbamates (subject to hydrolysis) is 1. The lowest BCUT2D eigenvalue weighted by Crippen LogP contribution is -2.42. The molecule has 0 radical (unpaired) electrons. The third-order valence-electron chi connectivity index (χ3n) is 4.46. The largest absolute Gasteiger partial charge is 0.497 e. The van der Waals surface area contributed by atoms with Gasteiger partial charge in [-0.15, -0.1) is 0 Å². The molecule has 0 aliphatic heterocycles. The van der Waals surface area contributed by atoms with Gasteiger partial charge in [0.1, 0.15) is 12.4 Å². The fourth-order valence-electron chi connectivity index (χ4n) is 2.73. The van der Waals surface area contributed by atoms with Gasteiger partial charge in [-0.1, -0.05) is 42.5 Å². The van der Waals surface area contributed by atoms with Crippen LogP contribution in [-0.2, 0) is 16.1 Å². The molecule has 0 aliphatic carbocycles. The first-order chi connectivity index (χ1) is 14.0. The lowest BCUT2D eigenvalue weighted by atomic mass is 10.1. The molecule has 0 saturated heterocycles. The second-order valence-electron chi connectivity index (χ2n) is 6.74. The van der Waals surface area contributed by atoms with E-state index < -0.39 is 12.1 Å². The summed E-state index contributed by atoms with van der Waals surface area (Å²) in [6.07, 6.45) is 0.539. The van der Waals surface area contributed by atoms with Crippen molar-refractivity contribution in [1.82, 2.24) is 10.6 Å². The van der Waals surface area contributed by atoms with E-state index in [1.165, 1.54) is 0 Å². The normalized spacial score (nSPS) is 12.5. The van der Waals surface area contributed by atoms with Gasteiger partial charge in [-0.05, 0) is 43.0 Å². The summed E-state index contributed by atoms with van der Waals surface area (Å²) >= 11 is 0. The summed E-state index contributed by atoms with van der Waals surface area (Å²) in [4.78, 5) is 24.0. The van der Waals surface area contributed by atoms with Gasteiger partial charge in [-0.25, -0.2) is 4.79 Å². The van der Waals surface area contributed by atoms with Crippen molar-refractivity contribution in [1.29, 1.82) is 0 Å². The standard InChI is InChI=1S/C22H29N3O4/c1-16(18-10-6-11-19(14-18)28-2)25-21(26)20(23)12-7-13-24-22(27)29-15-17-8-4-3-5-9-17/h3-6,8-11,14,16,20H,7,12-13,15,23H2,1-2H3,(H,24,27)(H,25,26)/t16-,20+/m0/s1. The Hall–Kier alpha value is -3.06. The number of nitrogens with one attached hydrogen (secondary N) is 2. The van der Waals surface area contributed by atoms with Gasteiger partial charge in [0, 0.05) is 6.54 Å². The number of benzene rings is 2. The highest BCUT2D eigenvalue weighted by Crippen LogP contribution is 2.18. The monoisotopic (exact) mass is 399 g/mol. The van der Waals surface area contributed by atoms with Crippen molar-refractivity contribution in [3.8, 4) is 5.75 Å². The Bertz CT molecular complexity index is 783. The Morgan fingerprint density at radius 1 is 1.10 bits per heavy atom. The van der Waals surface area contributed by atoms with Gasteiger partial charge in [0.05, 0.1) is 19.2 Å². The van der Waals surface area contributed by atoms with E-state index in [2.05, 4.69) is 10.6 Å². The molecule has 2 atom stereocenters. The summed E-state index contributed by atoms with van der Waals surface area (Å²) in [7, 11) is 1.60. The molecule has 156 valence electrons. The molecule has 0 bridgehead atoms. The Morgan fingerprint density at radius 3 is 2.59 bits per heavy atom. The molecule has 4 N–H and O–H groups in total. The van der Waals surface area contributed by atoms with E-state index in [0.29, 0.717) is 19.4 Å². The van der Waals surface area contributed by atoms with Crippen LogP contribution in [0.2, 0.25) is 0 Å². The summed E-state index contributed by atoms with van der Waals surface area (Å²) in [6.45, 7) is 2.50. The zero-order valence-corrected chi connectivity index (χ0v) is 16.9. The maximum absolute atomic E-state index is 12.3. The van der Waals surface area contributed by atoms with Crippen LogP contribution in [0.4, 0.5) is 4.79 Å². The van der Waals surface area contributed by atoms with Crippen molar-refractivity contribution in [3.05, 3.63) is 65.7 Å². The Labute approximate surface area is 171 Å². The van der Waals surface area contributed by atoms with Gasteiger partial charge in [0.2, 0.25) is 5.91 Å². The maximum Gasteiger partial charge on any atom is 0.407 e. The number of hydrogen-bond donors (Lipinski definition) is 3. The van der Waals surface area contributed by atoms with E-state index in [1.54, 1.807) is 7.11 Å². The first-order valence-electron chi connectivity index (χ1n) is 9.64. The molecular weight excluding hydrogens is 370 g/mol. The van der Waals surface area contributed by atoms with E-state index in [9.17, 15) is 9.59 Å². The molecule has 0 aromatic heterocycles. The van der Waals surface area contributed by atoms with Crippen LogP contribution < -0.4 is 21.1 Å². The van der Waals surface area contributed by atoms with Crippen LogP contribution in [0.1, 0.15) is 36.9 Å². The molecule has 0 fully saturated rings. The van der Waals surface area contributed by atoms with Crippen molar-refractivity contribution in [2.75, 3.05) is 13.7 Å². The number of rotatable bonds is 10. The lowest BCUT2D eigenvalue weighted by molar-refractivity contribution is -0.123. The predicted molar refractivity (Wildman–Crippen MR) is 111 cm³/mol. The van der Waals surface area contributed by atoms with Crippen molar-refractivity contribution >= 4 is 12.0 Å². The highest BCUT2D eigenvalue weighted by atomic mass is 16.5. The maximum atomic E-state index is 12.3. The van der Waals surface area contributed by atoms with E-state index in [1.807, 2.05) is 61.5 Å². The summed E-state index contributed by atoms with van der Waals surface area (Å²) in [6, 6.07) is 16.1. The van der Waals surface area contributed by atoms with Crippen LogP contribution in [0, 0.1) is 0 Å². The van der Waals surface area contributed by atoms with Crippen LogP contribution in [0.3, 0.4) is 0 Å². The lowest BCUT2D eigenvalue weighted by Gasteiger charge is -2.18. The number of methoxy groups -OCH3 is 1. The van der Waals surface area contributed by atoms with Crippen LogP contribution in [0.5, 0.6) is 5.75 Å². The molecule has 2 aromatic carbocycles. The highest BCUT2D eigenvalue weighted by molar-refractivity contribution is 5.81. The molecule has 7 nitrogen and oxygen atoms in total. The molecule has 2 aromatic rings. The molecule has 7 heteroatoms. The van der Waals surface area contributed by atoms with E-state index in [4.69, 9.17) is 15.2 Å². The van der Waals surface area contributed by atoms with Gasteiger partial charge in [0.25, 0.3) is 0 Å². The van der Waals surface area contributed by atoms with Crippen LogP contribution in [0.15, 0.2) is 54.6 Å². The summed E-state index contributed by atoms with van der Waals surface area (Å²) in [5.74, 6) is 0.505. The third kappa shape index (κ3) is 7.83. The molecule has 0 aliphatic rings. The van der Waals surface area contributed by atoms with Gasteiger partial charge >= 0.3 is 6.09 Å². The van der Waals surface area contributed by atoms with Gasteiger partial charge in [0.15, 0.2) is 0 Å². The van der Waals surface area contributed by atoms with Gasteiger partial charge in [-0.3, -0.25) is 4.79 Å². The zero-order valence-electron chi connectivity index (χ0n) is 16.9. The Morgan fingerprint density at radius 2 is 1.86 bits per heavy atom. The smallest absolute Gasteiger partial charge is 0.407 e. The minimum atomic E-state index is -0.648. The predicted octanol–water partition coefficient (Wildman–Crippen LogP) is 2.91. The number of carbonyl (C=O) groups excluding carboxylic acids is 2. The highest BCUT2D eigenvalue weighted by Gasteiger charge is 2.17. The van der Waals surface area contributed by atoms with E-state index in [-0.39, 0.29) is 18.6 Å². The molecule has 29 heavy (non-hydrogen) atoms. The van der Waals surface area contributed by atoms with E-state index in [0.717, 1.165) is 16.9 Å². The summed E-state index contributed by atoms with van der Waals surface area (Å²) in [5.41, 5.74) is 7.83. The average molecular weight is 399 g/mol. The summed E-state index contributed by atoms with van der Waals surface area (Å²) < 4.78 is 10.3. The fourth-order valence-corrected chi connectivity index (χ4v) is 2.73. The zero-order chi connectivity index (χ0) is 21.1. The van der Waals surface area contributed by atoms with Crippen LogP contribution >= 0.6 is 0 Å². The molecule has 0 heterocycles. The van der Waals surface area contributed by atoms with E-state index >= 15 is 0 Å². The number of hydrogen-bond acceptors (Lipinski definition) is 5. The Balaban J connectivity index is 1.64. The van der Waals surface area contributed by atoms with Gasteiger partial charge < -0.3 is 25.8 Å². The third-order valence-corrected chi connectivity index (χ3v) is 4.46. The van der Waals surface area contributed by atoms with Crippen LogP contribution in [0.25, 0.3) is 0 Å². The van der Waals surface area contributed by atoms with Crippen molar-refractivity contribution < 1.29 is 19.1 Å². The molecular formula is C22H29N3O4.